The number of nitrogens with one attached hydrogen (secondary N) is 1. The highest BCUT2D eigenvalue weighted by Gasteiger charge is 2.30. The van der Waals surface area contributed by atoms with Crippen molar-refractivity contribution in [3.63, 3.8) is 0 Å². The number of carbonyl (C=O) groups is 2. The molecule has 1 unspecified atom stereocenters. The summed E-state index contributed by atoms with van der Waals surface area (Å²) in [7, 11) is 0. The van der Waals surface area contributed by atoms with E-state index >= 15 is 0 Å². The van der Waals surface area contributed by atoms with E-state index in [0.717, 1.165) is 10.5 Å². The number of hydrogen-bond acceptors (Lipinski definition) is 3. The number of carbonyl (C=O) groups excluding carboxylic acids is 2. The van der Waals surface area contributed by atoms with E-state index in [1.807, 2.05) is 0 Å². The third kappa shape index (κ3) is 2.75. The van der Waals surface area contributed by atoms with Gasteiger partial charge in [0.05, 0.1) is 13.0 Å². The third-order valence-corrected chi connectivity index (χ3v) is 2.71. The number of rotatable bonds is 2. The first-order valence-corrected chi connectivity index (χ1v) is 5.47. The van der Waals surface area contributed by atoms with Crippen molar-refractivity contribution in [3.05, 3.63) is 34.9 Å². The van der Waals surface area contributed by atoms with E-state index in [1.54, 1.807) is 24.3 Å². The van der Waals surface area contributed by atoms with E-state index in [2.05, 4.69) is 5.32 Å². The van der Waals surface area contributed by atoms with Crippen molar-refractivity contribution in [2.75, 3.05) is 0 Å². The van der Waals surface area contributed by atoms with Crippen LogP contribution in [0, 0.1) is 0 Å². The second-order valence-electron chi connectivity index (χ2n) is 3.78. The number of nitrogens with zero attached hydrogens (tertiary/aromatic N) is 1. The van der Waals surface area contributed by atoms with Gasteiger partial charge in [0.1, 0.15) is 6.23 Å². The predicted octanol–water partition coefficient (Wildman–Crippen LogP) is 1.10. The van der Waals surface area contributed by atoms with Crippen molar-refractivity contribution >= 4 is 23.5 Å². The maximum Gasteiger partial charge on any atom is 0.326 e. The largest absolute Gasteiger partial charge is 0.373 e. The zero-order valence-corrected chi connectivity index (χ0v) is 9.65. The molecule has 90 valence electrons. The van der Waals surface area contributed by atoms with Crippen LogP contribution in [0.5, 0.6) is 0 Å². The molecule has 1 aromatic carbocycles. The quantitative estimate of drug-likeness (QED) is 0.830. The van der Waals surface area contributed by atoms with Crippen LogP contribution in [0.4, 0.5) is 4.79 Å². The minimum absolute atomic E-state index is 0.0979. The summed E-state index contributed by atoms with van der Waals surface area (Å²) in [5.41, 5.74) is 0.800. The molecule has 0 bridgehead atoms. The fourth-order valence-corrected chi connectivity index (χ4v) is 1.72. The highest BCUT2D eigenvalue weighted by Crippen LogP contribution is 2.14. The van der Waals surface area contributed by atoms with Crippen LogP contribution in [0.25, 0.3) is 0 Å². The Morgan fingerprint density at radius 3 is 2.59 bits per heavy atom. The van der Waals surface area contributed by atoms with Crippen LogP contribution in [-0.4, -0.2) is 28.2 Å². The van der Waals surface area contributed by atoms with E-state index in [9.17, 15) is 14.7 Å². The van der Waals surface area contributed by atoms with Gasteiger partial charge in [0.15, 0.2) is 0 Å². The van der Waals surface area contributed by atoms with E-state index in [4.69, 9.17) is 11.6 Å². The zero-order chi connectivity index (χ0) is 12.4. The van der Waals surface area contributed by atoms with Crippen molar-refractivity contribution in [3.8, 4) is 0 Å². The zero-order valence-electron chi connectivity index (χ0n) is 8.89. The highest BCUT2D eigenvalue weighted by molar-refractivity contribution is 6.30. The molecule has 1 aliphatic rings. The second kappa shape index (κ2) is 4.73. The van der Waals surface area contributed by atoms with Crippen molar-refractivity contribution in [2.24, 2.45) is 0 Å². The maximum atomic E-state index is 11.6. The van der Waals surface area contributed by atoms with E-state index < -0.39 is 18.2 Å². The summed E-state index contributed by atoms with van der Waals surface area (Å²) in [5, 5.41) is 12.1. The van der Waals surface area contributed by atoms with Crippen molar-refractivity contribution in [1.29, 1.82) is 0 Å². The van der Waals surface area contributed by atoms with Gasteiger partial charge in [0.25, 0.3) is 0 Å². The Morgan fingerprint density at radius 2 is 2.00 bits per heavy atom. The van der Waals surface area contributed by atoms with Gasteiger partial charge in [-0.25, -0.2) is 4.79 Å². The van der Waals surface area contributed by atoms with Crippen LogP contribution in [-0.2, 0) is 11.3 Å². The van der Waals surface area contributed by atoms with E-state index in [-0.39, 0.29) is 13.0 Å². The van der Waals surface area contributed by atoms with Crippen LogP contribution >= 0.6 is 11.6 Å². The smallest absolute Gasteiger partial charge is 0.326 e. The first-order valence-electron chi connectivity index (χ1n) is 5.09. The molecule has 0 saturated carbocycles. The summed E-state index contributed by atoms with van der Waals surface area (Å²) in [6.07, 6.45) is -1.18. The molecule has 2 rings (SSSR count). The molecule has 6 heteroatoms. The molecule has 5 nitrogen and oxygen atoms in total. The molecule has 3 amide bonds. The lowest BCUT2D eigenvalue weighted by Crippen LogP contribution is -2.54. The minimum Gasteiger partial charge on any atom is -0.373 e. The summed E-state index contributed by atoms with van der Waals surface area (Å²) in [4.78, 5) is 24.1. The second-order valence-corrected chi connectivity index (χ2v) is 4.21. The summed E-state index contributed by atoms with van der Waals surface area (Å²) in [6, 6.07) is 6.29. The van der Waals surface area contributed by atoms with Crippen molar-refractivity contribution in [2.45, 2.75) is 19.2 Å². The molecule has 1 heterocycles. The lowest BCUT2D eigenvalue weighted by molar-refractivity contribution is -0.133. The number of hydrogen-bond donors (Lipinski definition) is 2. The van der Waals surface area contributed by atoms with Gasteiger partial charge in [-0.05, 0) is 17.7 Å². The van der Waals surface area contributed by atoms with Crippen LogP contribution in [0.2, 0.25) is 5.02 Å². The van der Waals surface area contributed by atoms with Gasteiger partial charge in [0.2, 0.25) is 5.91 Å². The Kier molecular flexibility index (Phi) is 3.31. The average molecular weight is 255 g/mol. The topological polar surface area (TPSA) is 69.6 Å². The number of urea groups is 1. The molecule has 0 radical (unpaired) electrons. The molecular formula is C11H11ClN2O3. The Bertz CT molecular complexity index is 429. The Morgan fingerprint density at radius 1 is 1.35 bits per heavy atom. The van der Waals surface area contributed by atoms with Gasteiger partial charge in [-0.15, -0.1) is 0 Å². The van der Waals surface area contributed by atoms with Crippen LogP contribution in [0.3, 0.4) is 0 Å². The van der Waals surface area contributed by atoms with Crippen LogP contribution in [0.1, 0.15) is 12.0 Å². The monoisotopic (exact) mass is 254 g/mol. The van der Waals surface area contributed by atoms with Gasteiger partial charge >= 0.3 is 6.03 Å². The molecule has 0 spiro atoms. The molecule has 1 atom stereocenters. The van der Waals surface area contributed by atoms with Gasteiger partial charge in [0, 0.05) is 5.02 Å². The Hall–Kier alpha value is -1.59. The molecule has 17 heavy (non-hydrogen) atoms. The number of aliphatic hydroxyl groups is 1. The number of aliphatic hydroxyl groups excluding tert-OH is 1. The predicted molar refractivity (Wildman–Crippen MR) is 61.2 cm³/mol. The molecule has 2 N–H and O–H groups in total. The summed E-state index contributed by atoms with van der Waals surface area (Å²) in [6.45, 7) is 0.175. The molecule has 1 saturated heterocycles. The number of imide groups is 1. The van der Waals surface area contributed by atoms with Crippen LogP contribution in [0.15, 0.2) is 24.3 Å². The fourth-order valence-electron chi connectivity index (χ4n) is 1.59. The Balaban J connectivity index is 2.10. The number of benzene rings is 1. The van der Waals surface area contributed by atoms with Gasteiger partial charge in [-0.2, -0.15) is 0 Å². The summed E-state index contributed by atoms with van der Waals surface area (Å²) < 4.78 is 0. The third-order valence-electron chi connectivity index (χ3n) is 2.46. The standard InChI is InChI=1S/C11H11ClN2O3/c12-8-3-1-7(2-4-8)6-14-10(16)5-9(15)13-11(14)17/h1-4,9,15H,5-6H2,(H,13,17). The average Bonchev–Trinajstić information content (AvgIpc) is 2.26. The van der Waals surface area contributed by atoms with Gasteiger partial charge in [-0.3, -0.25) is 9.69 Å². The Labute approximate surface area is 103 Å². The first kappa shape index (κ1) is 11.9. The lowest BCUT2D eigenvalue weighted by Gasteiger charge is -2.28. The van der Waals surface area contributed by atoms with Crippen molar-refractivity contribution < 1.29 is 14.7 Å². The lowest BCUT2D eigenvalue weighted by atomic mass is 10.2. The molecule has 1 fully saturated rings. The normalized spacial score (nSPS) is 20.4. The maximum absolute atomic E-state index is 11.6. The van der Waals surface area contributed by atoms with E-state index in [1.165, 1.54) is 0 Å². The number of amides is 3. The SMILES string of the molecule is O=C1CC(O)NC(=O)N1Cc1ccc(Cl)cc1. The van der Waals surface area contributed by atoms with Crippen LogP contribution < -0.4 is 5.32 Å². The highest BCUT2D eigenvalue weighted by atomic mass is 35.5. The summed E-state index contributed by atoms with van der Waals surface area (Å²) in [5.74, 6) is -0.392. The molecule has 1 aliphatic heterocycles. The van der Waals surface area contributed by atoms with E-state index in [0.29, 0.717) is 5.02 Å². The minimum atomic E-state index is -1.09. The summed E-state index contributed by atoms with van der Waals surface area (Å²) >= 11 is 5.74. The fraction of sp³-hybridized carbons (Fsp3) is 0.273. The molecular weight excluding hydrogens is 244 g/mol. The molecule has 0 aromatic heterocycles. The first-order chi connectivity index (χ1) is 8.06. The molecule has 0 aliphatic carbocycles. The van der Waals surface area contributed by atoms with Gasteiger partial charge in [-0.1, -0.05) is 23.7 Å². The number of halogens is 1. The molecule has 1 aromatic rings. The van der Waals surface area contributed by atoms with Gasteiger partial charge < -0.3 is 10.4 Å². The van der Waals surface area contributed by atoms with Crippen molar-refractivity contribution in [1.82, 2.24) is 10.2 Å².